The van der Waals surface area contributed by atoms with Crippen LogP contribution in [0.5, 0.6) is 5.75 Å². The Morgan fingerprint density at radius 3 is 2.60 bits per heavy atom. The Balaban J connectivity index is 1.93. The molecule has 2 amide bonds. The minimum atomic E-state index is -0.789. The van der Waals surface area contributed by atoms with E-state index in [1.807, 2.05) is 30.3 Å². The van der Waals surface area contributed by atoms with E-state index in [1.165, 1.54) is 18.3 Å². The first-order valence-corrected chi connectivity index (χ1v) is 5.93. The van der Waals surface area contributed by atoms with Crippen LogP contribution in [0.4, 0.5) is 14.9 Å². The first kappa shape index (κ1) is 13.6. The van der Waals surface area contributed by atoms with Gasteiger partial charge >= 0.3 is 6.03 Å². The number of amides is 2. The molecule has 2 rings (SSSR count). The molecule has 0 saturated heterocycles. The number of phenolic OH excluding ortho intramolecular Hbond substituents is 1. The summed E-state index contributed by atoms with van der Waals surface area (Å²) in [5.41, 5.74) is 0.942. The van der Waals surface area contributed by atoms with E-state index in [2.05, 4.69) is 10.6 Å². The molecule has 0 aromatic heterocycles. The highest BCUT2D eigenvalue weighted by Gasteiger charge is 2.08. The van der Waals surface area contributed by atoms with Crippen molar-refractivity contribution < 1.29 is 14.3 Å². The number of benzene rings is 2. The minimum absolute atomic E-state index is 0.00983. The van der Waals surface area contributed by atoms with E-state index < -0.39 is 17.6 Å². The lowest BCUT2D eigenvalue weighted by Gasteiger charge is -2.06. The highest BCUT2D eigenvalue weighted by atomic mass is 19.1. The molecule has 0 fully saturated rings. The lowest BCUT2D eigenvalue weighted by atomic mass is 10.2. The van der Waals surface area contributed by atoms with Crippen molar-refractivity contribution in [2.75, 3.05) is 5.32 Å². The summed E-state index contributed by atoms with van der Waals surface area (Å²) in [6.07, 6.45) is 3.17. The number of rotatable bonds is 3. The number of phenols is 1. The van der Waals surface area contributed by atoms with Gasteiger partial charge in [0.15, 0.2) is 11.6 Å². The summed E-state index contributed by atoms with van der Waals surface area (Å²) in [5, 5.41) is 14.2. The molecule has 0 heterocycles. The topological polar surface area (TPSA) is 61.4 Å². The molecule has 0 atom stereocenters. The third-order valence-corrected chi connectivity index (χ3v) is 2.52. The number of anilines is 1. The number of halogens is 1. The van der Waals surface area contributed by atoms with Gasteiger partial charge in [0.2, 0.25) is 0 Å². The van der Waals surface area contributed by atoms with Crippen LogP contribution in [-0.2, 0) is 0 Å². The van der Waals surface area contributed by atoms with E-state index in [-0.39, 0.29) is 5.69 Å². The molecule has 102 valence electrons. The molecule has 0 radical (unpaired) electrons. The lowest BCUT2D eigenvalue weighted by Crippen LogP contribution is -2.23. The van der Waals surface area contributed by atoms with Gasteiger partial charge in [0.1, 0.15) is 0 Å². The second kappa shape index (κ2) is 6.38. The second-order valence-electron chi connectivity index (χ2n) is 3.98. The third-order valence-electron chi connectivity index (χ3n) is 2.52. The van der Waals surface area contributed by atoms with E-state index in [4.69, 9.17) is 0 Å². The monoisotopic (exact) mass is 272 g/mol. The van der Waals surface area contributed by atoms with Crippen LogP contribution in [-0.4, -0.2) is 11.1 Å². The summed E-state index contributed by atoms with van der Waals surface area (Å²) in [6.45, 7) is 0. The Morgan fingerprint density at radius 2 is 1.85 bits per heavy atom. The zero-order valence-electron chi connectivity index (χ0n) is 10.5. The molecule has 4 nitrogen and oxygen atoms in total. The van der Waals surface area contributed by atoms with Gasteiger partial charge in [-0.2, -0.15) is 0 Å². The summed E-state index contributed by atoms with van der Waals surface area (Å²) in [4.78, 5) is 11.6. The molecule has 2 aromatic rings. The van der Waals surface area contributed by atoms with Crippen molar-refractivity contribution in [1.82, 2.24) is 5.32 Å². The van der Waals surface area contributed by atoms with Crippen LogP contribution in [0.3, 0.4) is 0 Å². The fourth-order valence-corrected chi connectivity index (χ4v) is 1.55. The molecule has 0 aliphatic heterocycles. The van der Waals surface area contributed by atoms with Crippen LogP contribution in [0.1, 0.15) is 5.56 Å². The average molecular weight is 272 g/mol. The van der Waals surface area contributed by atoms with Crippen LogP contribution in [0.25, 0.3) is 6.08 Å². The predicted molar refractivity (Wildman–Crippen MR) is 75.7 cm³/mol. The summed E-state index contributed by atoms with van der Waals surface area (Å²) < 4.78 is 13.1. The van der Waals surface area contributed by atoms with Crippen LogP contribution in [0, 0.1) is 5.82 Å². The molecule has 5 heteroatoms. The fourth-order valence-electron chi connectivity index (χ4n) is 1.55. The average Bonchev–Trinajstić information content (AvgIpc) is 2.45. The maximum atomic E-state index is 13.1. The molecule has 20 heavy (non-hydrogen) atoms. The van der Waals surface area contributed by atoms with Gasteiger partial charge in [0.05, 0.1) is 5.69 Å². The quantitative estimate of drug-likeness (QED) is 0.750. The van der Waals surface area contributed by atoms with Gasteiger partial charge < -0.3 is 15.7 Å². The Morgan fingerprint density at radius 1 is 1.10 bits per heavy atom. The molecule has 0 unspecified atom stereocenters. The fraction of sp³-hybridized carbons (Fsp3) is 0. The van der Waals surface area contributed by atoms with Crippen LogP contribution < -0.4 is 10.6 Å². The minimum Gasteiger partial charge on any atom is -0.503 e. The number of nitrogens with one attached hydrogen (secondary N) is 2. The predicted octanol–water partition coefficient (Wildman–Crippen LogP) is 3.32. The molecular formula is C15H13FN2O2. The number of urea groups is 1. The van der Waals surface area contributed by atoms with Crippen LogP contribution >= 0.6 is 0 Å². The Labute approximate surface area is 115 Å². The Bertz CT molecular complexity index is 627. The van der Waals surface area contributed by atoms with Crippen molar-refractivity contribution in [3.63, 3.8) is 0 Å². The van der Waals surface area contributed by atoms with Crippen molar-refractivity contribution in [3.8, 4) is 5.75 Å². The third kappa shape index (κ3) is 3.58. The maximum Gasteiger partial charge on any atom is 0.323 e. The Hall–Kier alpha value is -2.82. The van der Waals surface area contributed by atoms with Crippen LogP contribution in [0.15, 0.2) is 54.7 Å². The number of hydrogen-bond acceptors (Lipinski definition) is 2. The smallest absolute Gasteiger partial charge is 0.323 e. The number of para-hydroxylation sites is 1. The first-order chi connectivity index (χ1) is 9.66. The molecule has 0 aliphatic rings. The molecule has 0 bridgehead atoms. The lowest BCUT2D eigenvalue weighted by molar-refractivity contribution is 0.255. The Kier molecular flexibility index (Phi) is 4.34. The molecule has 0 saturated carbocycles. The SMILES string of the molecule is O=C(NC=Cc1ccccc1)Nc1cccc(F)c1O. The van der Waals surface area contributed by atoms with Crippen molar-refractivity contribution in [3.05, 3.63) is 66.1 Å². The highest BCUT2D eigenvalue weighted by molar-refractivity contribution is 5.91. The van der Waals surface area contributed by atoms with E-state index >= 15 is 0 Å². The van der Waals surface area contributed by atoms with Crippen molar-refractivity contribution in [2.45, 2.75) is 0 Å². The van der Waals surface area contributed by atoms with Gasteiger partial charge in [0, 0.05) is 6.20 Å². The van der Waals surface area contributed by atoms with Gasteiger partial charge in [-0.25, -0.2) is 9.18 Å². The maximum absolute atomic E-state index is 13.1. The summed E-state index contributed by atoms with van der Waals surface area (Å²) in [7, 11) is 0. The number of aromatic hydroxyl groups is 1. The highest BCUT2D eigenvalue weighted by Crippen LogP contribution is 2.25. The second-order valence-corrected chi connectivity index (χ2v) is 3.98. The first-order valence-electron chi connectivity index (χ1n) is 5.93. The number of carbonyl (C=O) groups excluding carboxylic acids is 1. The van der Waals surface area contributed by atoms with Gasteiger partial charge in [-0.1, -0.05) is 36.4 Å². The van der Waals surface area contributed by atoms with E-state index in [0.717, 1.165) is 11.6 Å². The summed E-state index contributed by atoms with van der Waals surface area (Å²) in [6, 6.07) is 12.7. The van der Waals surface area contributed by atoms with E-state index in [0.29, 0.717) is 0 Å². The summed E-state index contributed by atoms with van der Waals surface area (Å²) in [5.74, 6) is -1.38. The van der Waals surface area contributed by atoms with Gasteiger partial charge in [-0.3, -0.25) is 0 Å². The molecule has 0 aliphatic carbocycles. The van der Waals surface area contributed by atoms with Crippen LogP contribution in [0.2, 0.25) is 0 Å². The van der Waals surface area contributed by atoms with Gasteiger partial charge in [-0.15, -0.1) is 0 Å². The zero-order valence-corrected chi connectivity index (χ0v) is 10.5. The number of hydrogen-bond donors (Lipinski definition) is 3. The normalized spacial score (nSPS) is 10.4. The molecular weight excluding hydrogens is 259 g/mol. The van der Waals surface area contributed by atoms with Crippen molar-refractivity contribution in [2.24, 2.45) is 0 Å². The van der Waals surface area contributed by atoms with Gasteiger partial charge in [-0.05, 0) is 23.8 Å². The summed E-state index contributed by atoms with van der Waals surface area (Å²) >= 11 is 0. The van der Waals surface area contributed by atoms with E-state index in [1.54, 1.807) is 6.08 Å². The molecule has 3 N–H and O–H groups in total. The van der Waals surface area contributed by atoms with Gasteiger partial charge in [0.25, 0.3) is 0 Å². The largest absolute Gasteiger partial charge is 0.503 e. The van der Waals surface area contributed by atoms with Crippen molar-refractivity contribution >= 4 is 17.8 Å². The molecule has 0 spiro atoms. The zero-order chi connectivity index (χ0) is 14.4. The van der Waals surface area contributed by atoms with Crippen molar-refractivity contribution in [1.29, 1.82) is 0 Å². The standard InChI is InChI=1S/C15H13FN2O2/c16-12-7-4-8-13(14(12)19)18-15(20)17-10-9-11-5-2-1-3-6-11/h1-10,19H,(H2,17,18,20). The molecule has 2 aromatic carbocycles. The number of carbonyl (C=O) groups is 1. The van der Waals surface area contributed by atoms with E-state index in [9.17, 15) is 14.3 Å².